The van der Waals surface area contributed by atoms with E-state index in [2.05, 4.69) is 6.92 Å². The average molecular weight is 337 g/mol. The van der Waals surface area contributed by atoms with E-state index in [1.54, 1.807) is 11.8 Å². The van der Waals surface area contributed by atoms with Gasteiger partial charge in [-0.05, 0) is 25.7 Å². The van der Waals surface area contributed by atoms with Crippen molar-refractivity contribution in [1.29, 1.82) is 0 Å². The summed E-state index contributed by atoms with van der Waals surface area (Å²) in [5.41, 5.74) is -3.00. The molecule has 24 heavy (non-hydrogen) atoms. The molecule has 2 saturated heterocycles. The number of carbonyl (C=O) groups excluding carboxylic acids is 3. The van der Waals surface area contributed by atoms with Gasteiger partial charge >= 0.3 is 5.97 Å². The molecule has 2 aliphatic heterocycles. The summed E-state index contributed by atoms with van der Waals surface area (Å²) in [5, 5.41) is 0. The molecule has 134 valence electrons. The Morgan fingerprint density at radius 1 is 1.42 bits per heavy atom. The van der Waals surface area contributed by atoms with Gasteiger partial charge in [-0.1, -0.05) is 27.2 Å². The van der Waals surface area contributed by atoms with Crippen molar-refractivity contribution in [3.05, 3.63) is 0 Å². The van der Waals surface area contributed by atoms with Gasteiger partial charge in [0.2, 0.25) is 0 Å². The number of esters is 1. The van der Waals surface area contributed by atoms with Gasteiger partial charge in [-0.2, -0.15) is 0 Å². The summed E-state index contributed by atoms with van der Waals surface area (Å²) in [6.45, 7) is 8.26. The Bertz CT molecular complexity index is 574. The fourth-order valence-corrected chi connectivity index (χ4v) is 5.23. The van der Waals surface area contributed by atoms with E-state index >= 15 is 0 Å². The quantitative estimate of drug-likeness (QED) is 0.435. The average Bonchev–Trinajstić information content (AvgIpc) is 2.87. The van der Waals surface area contributed by atoms with Crippen LogP contribution in [0.3, 0.4) is 0 Å². The molecule has 1 spiro atoms. The first-order chi connectivity index (χ1) is 11.3. The molecule has 2 bridgehead atoms. The van der Waals surface area contributed by atoms with Gasteiger partial charge in [0.25, 0.3) is 11.5 Å². The molecule has 4 atom stereocenters. The van der Waals surface area contributed by atoms with E-state index in [9.17, 15) is 14.4 Å². The number of fused-ring (bicyclic) bond motifs is 1. The minimum Gasteiger partial charge on any atom is -0.463 e. The number of carbonyl (C=O) groups is 3. The molecule has 0 aromatic rings. The summed E-state index contributed by atoms with van der Waals surface area (Å²) in [5.74, 6) is -0.456. The van der Waals surface area contributed by atoms with E-state index in [1.807, 2.05) is 13.8 Å². The molecule has 0 radical (unpaired) electrons. The molecule has 3 rings (SSSR count). The Labute approximate surface area is 142 Å². The zero-order valence-corrected chi connectivity index (χ0v) is 15.0. The first kappa shape index (κ1) is 17.4. The van der Waals surface area contributed by atoms with Crippen LogP contribution < -0.4 is 0 Å². The van der Waals surface area contributed by atoms with Gasteiger partial charge in [0.15, 0.2) is 0 Å². The highest BCUT2D eigenvalue weighted by Crippen LogP contribution is 2.67. The summed E-state index contributed by atoms with van der Waals surface area (Å²) in [6.07, 6.45) is 3.71. The van der Waals surface area contributed by atoms with Gasteiger partial charge in [0.1, 0.15) is 12.0 Å². The Morgan fingerprint density at radius 3 is 2.75 bits per heavy atom. The second-order valence-electron chi connectivity index (χ2n) is 7.92. The molecule has 4 unspecified atom stereocenters. The lowest BCUT2D eigenvalue weighted by Crippen LogP contribution is -2.66. The first-order valence-corrected chi connectivity index (χ1v) is 8.91. The number of nitrogens with zero attached hydrogens (tertiary/aromatic N) is 1. The fourth-order valence-electron chi connectivity index (χ4n) is 5.23. The number of rotatable bonds is 5. The lowest BCUT2D eigenvalue weighted by atomic mass is 9.58. The highest BCUT2D eigenvalue weighted by atomic mass is 16.6. The smallest absolute Gasteiger partial charge is 0.349 e. The molecule has 0 N–H and O–H groups in total. The molecular weight excluding hydrogens is 310 g/mol. The minimum absolute atomic E-state index is 0.0648. The third-order valence-electron chi connectivity index (χ3n) is 6.28. The maximum atomic E-state index is 13.3. The summed E-state index contributed by atoms with van der Waals surface area (Å²) in [7, 11) is 0. The predicted molar refractivity (Wildman–Crippen MR) is 85.9 cm³/mol. The van der Waals surface area contributed by atoms with Crippen LogP contribution >= 0.6 is 0 Å². The Balaban J connectivity index is 2.11. The van der Waals surface area contributed by atoms with Crippen LogP contribution in [0.25, 0.3) is 0 Å². The van der Waals surface area contributed by atoms with E-state index in [0.717, 1.165) is 19.1 Å². The Hall–Kier alpha value is -1.43. The van der Waals surface area contributed by atoms with E-state index in [0.29, 0.717) is 18.9 Å². The molecule has 6 heteroatoms. The normalized spacial score (nSPS) is 39.7. The van der Waals surface area contributed by atoms with Gasteiger partial charge in [-0.25, -0.2) is 4.79 Å². The number of likely N-dealkylation sites (tertiary alicyclic amines) is 1. The number of hydrogen-bond acceptors (Lipinski definition) is 5. The van der Waals surface area contributed by atoms with Crippen LogP contribution in [-0.2, 0) is 23.9 Å². The zero-order valence-electron chi connectivity index (χ0n) is 15.0. The molecule has 6 nitrogen and oxygen atoms in total. The fraction of sp³-hybridized carbons (Fsp3) is 0.833. The summed E-state index contributed by atoms with van der Waals surface area (Å²) in [6, 6.07) is 0. The molecular formula is C18H27NO5. The third kappa shape index (κ3) is 1.89. The number of piperidine rings is 1. The van der Waals surface area contributed by atoms with Crippen molar-refractivity contribution in [3.63, 3.8) is 0 Å². The van der Waals surface area contributed by atoms with Crippen molar-refractivity contribution in [1.82, 2.24) is 4.90 Å². The summed E-state index contributed by atoms with van der Waals surface area (Å²) in [4.78, 5) is 38.6. The van der Waals surface area contributed by atoms with Gasteiger partial charge in [-0.15, -0.1) is 0 Å². The minimum atomic E-state index is -1.58. The summed E-state index contributed by atoms with van der Waals surface area (Å²) >= 11 is 0. The van der Waals surface area contributed by atoms with Crippen molar-refractivity contribution >= 4 is 18.2 Å². The second kappa shape index (κ2) is 5.55. The number of aldehydes is 1. The maximum absolute atomic E-state index is 13.3. The van der Waals surface area contributed by atoms with Crippen molar-refractivity contribution in [3.8, 4) is 0 Å². The second-order valence-corrected chi connectivity index (χ2v) is 7.92. The molecule has 3 fully saturated rings. The molecule has 1 aliphatic carbocycles. The van der Waals surface area contributed by atoms with Crippen molar-refractivity contribution in [2.75, 3.05) is 13.2 Å². The lowest BCUT2D eigenvalue weighted by molar-refractivity contribution is -0.180. The van der Waals surface area contributed by atoms with Gasteiger partial charge in [0, 0.05) is 24.3 Å². The van der Waals surface area contributed by atoms with Crippen molar-refractivity contribution < 1.29 is 23.9 Å². The van der Waals surface area contributed by atoms with Crippen LogP contribution in [0.5, 0.6) is 0 Å². The number of ether oxygens (including phenoxy) is 2. The topological polar surface area (TPSA) is 72.9 Å². The standard InChI is InChI=1S/C18H27NO5/c1-5-23-15(22)18-14(21)19(9-6-10-20)17(24-18)11-12(2)7-8-13(17)16(18,3)4/h10,12-13H,5-9,11H2,1-4H3. The largest absolute Gasteiger partial charge is 0.463 e. The van der Waals surface area contributed by atoms with E-state index < -0.39 is 22.7 Å². The summed E-state index contributed by atoms with van der Waals surface area (Å²) < 4.78 is 11.6. The van der Waals surface area contributed by atoms with Crippen LogP contribution in [0.1, 0.15) is 53.4 Å². The SMILES string of the molecule is CCOC(=O)C12OC3(CC(C)CCC3C1(C)C)N(CCC=O)C2=O. The van der Waals surface area contributed by atoms with Crippen LogP contribution in [0.4, 0.5) is 0 Å². The zero-order chi connectivity index (χ0) is 17.8. The maximum Gasteiger partial charge on any atom is 0.349 e. The van der Waals surface area contributed by atoms with Crippen LogP contribution in [0, 0.1) is 17.3 Å². The Kier molecular flexibility index (Phi) is 4.02. The molecule has 1 amide bonds. The highest BCUT2D eigenvalue weighted by molar-refractivity contribution is 6.10. The molecule has 0 aromatic carbocycles. The van der Waals surface area contributed by atoms with Gasteiger partial charge in [-0.3, -0.25) is 4.79 Å². The van der Waals surface area contributed by atoms with Crippen LogP contribution in [-0.4, -0.2) is 47.5 Å². The van der Waals surface area contributed by atoms with Crippen molar-refractivity contribution in [2.45, 2.75) is 64.7 Å². The van der Waals surface area contributed by atoms with Gasteiger partial charge in [0.05, 0.1) is 6.61 Å². The monoisotopic (exact) mass is 337 g/mol. The van der Waals surface area contributed by atoms with Crippen LogP contribution in [0.15, 0.2) is 0 Å². The lowest BCUT2D eigenvalue weighted by Gasteiger charge is -2.52. The first-order valence-electron chi connectivity index (χ1n) is 8.91. The van der Waals surface area contributed by atoms with E-state index in [1.165, 1.54) is 0 Å². The third-order valence-corrected chi connectivity index (χ3v) is 6.28. The number of hydrogen-bond donors (Lipinski definition) is 0. The number of amides is 1. The predicted octanol–water partition coefficient (Wildman–Crippen LogP) is 1.91. The molecule has 1 saturated carbocycles. The Morgan fingerprint density at radius 2 is 2.12 bits per heavy atom. The highest BCUT2D eigenvalue weighted by Gasteiger charge is 2.82. The van der Waals surface area contributed by atoms with E-state index in [-0.39, 0.29) is 24.9 Å². The van der Waals surface area contributed by atoms with Crippen LogP contribution in [0.2, 0.25) is 0 Å². The van der Waals surface area contributed by atoms with E-state index in [4.69, 9.17) is 9.47 Å². The molecule has 3 aliphatic rings. The molecule has 2 heterocycles. The molecule has 0 aromatic heterocycles. The van der Waals surface area contributed by atoms with Crippen molar-refractivity contribution in [2.24, 2.45) is 17.3 Å². The van der Waals surface area contributed by atoms with Gasteiger partial charge < -0.3 is 19.2 Å².